The molecule has 33 heavy (non-hydrogen) atoms. The molecule has 1 aliphatic heterocycles. The topological polar surface area (TPSA) is 73.9 Å². The first-order valence-corrected chi connectivity index (χ1v) is 11.6. The average molecular weight is 512 g/mol. The largest absolute Gasteiger partial charge is 0.493 e. The molecule has 172 valence electrons. The van der Waals surface area contributed by atoms with Crippen molar-refractivity contribution in [1.29, 1.82) is 0 Å². The van der Waals surface area contributed by atoms with Crippen molar-refractivity contribution in [3.05, 3.63) is 80.6 Å². The maximum absolute atomic E-state index is 13.4. The van der Waals surface area contributed by atoms with E-state index in [0.717, 1.165) is 34.1 Å². The lowest BCUT2D eigenvalue weighted by molar-refractivity contribution is -0.140. The average Bonchev–Trinajstić information content (AvgIpc) is 2.82. The van der Waals surface area contributed by atoms with E-state index in [1.807, 2.05) is 43.3 Å². The smallest absolute Gasteiger partial charge is 0.337 e. The van der Waals surface area contributed by atoms with Crippen molar-refractivity contribution in [1.82, 2.24) is 5.32 Å². The molecular weight excluding hydrogens is 486 g/mol. The van der Waals surface area contributed by atoms with Gasteiger partial charge in [0.15, 0.2) is 17.3 Å². The summed E-state index contributed by atoms with van der Waals surface area (Å²) in [6.45, 7) is 2.00. The lowest BCUT2D eigenvalue weighted by atomic mass is 9.75. The maximum atomic E-state index is 13.4. The van der Waals surface area contributed by atoms with E-state index >= 15 is 0 Å². The van der Waals surface area contributed by atoms with Crippen molar-refractivity contribution in [3.63, 3.8) is 0 Å². The molecule has 0 unspecified atom stereocenters. The molecule has 0 fully saturated rings. The number of ketones is 1. The van der Waals surface area contributed by atoms with Gasteiger partial charge < -0.3 is 19.5 Å². The van der Waals surface area contributed by atoms with E-state index in [1.54, 1.807) is 20.3 Å². The second-order valence-corrected chi connectivity index (χ2v) is 8.91. The van der Waals surface area contributed by atoms with Gasteiger partial charge in [-0.1, -0.05) is 46.3 Å². The fourth-order valence-corrected chi connectivity index (χ4v) is 5.01. The minimum Gasteiger partial charge on any atom is -0.493 e. The van der Waals surface area contributed by atoms with Crippen LogP contribution in [0.2, 0.25) is 0 Å². The molecule has 0 amide bonds. The fourth-order valence-electron chi connectivity index (χ4n) is 4.46. The van der Waals surface area contributed by atoms with Gasteiger partial charge >= 0.3 is 5.97 Å². The Bertz CT molecular complexity index is 1150. The molecule has 0 aromatic heterocycles. The van der Waals surface area contributed by atoms with Crippen LogP contribution in [0.5, 0.6) is 11.5 Å². The van der Waals surface area contributed by atoms with Gasteiger partial charge in [0.2, 0.25) is 0 Å². The number of carbonyl (C=O) groups excluding carboxylic acids is 2. The Morgan fingerprint density at radius 2 is 1.79 bits per heavy atom. The van der Waals surface area contributed by atoms with Crippen LogP contribution in [0.3, 0.4) is 0 Å². The van der Waals surface area contributed by atoms with Crippen molar-refractivity contribution in [2.45, 2.75) is 38.7 Å². The van der Waals surface area contributed by atoms with Crippen LogP contribution < -0.4 is 14.8 Å². The van der Waals surface area contributed by atoms with E-state index in [0.29, 0.717) is 34.8 Å². The van der Waals surface area contributed by atoms with Gasteiger partial charge in [0.25, 0.3) is 0 Å². The Hall–Kier alpha value is -3.06. The van der Waals surface area contributed by atoms with Crippen LogP contribution in [0.15, 0.2) is 69.5 Å². The maximum Gasteiger partial charge on any atom is 0.337 e. The Labute approximate surface area is 201 Å². The number of dihydropyridines is 1. The molecule has 1 N–H and O–H groups in total. The van der Waals surface area contributed by atoms with Crippen LogP contribution in [0.4, 0.5) is 0 Å². The van der Waals surface area contributed by atoms with Gasteiger partial charge in [0.05, 0.1) is 19.8 Å². The van der Waals surface area contributed by atoms with Gasteiger partial charge in [0, 0.05) is 33.8 Å². The highest BCUT2D eigenvalue weighted by molar-refractivity contribution is 9.10. The number of rotatable bonds is 6. The number of methoxy groups -OCH3 is 2. The second-order valence-electron chi connectivity index (χ2n) is 8.06. The molecule has 0 spiro atoms. The molecule has 1 aliphatic carbocycles. The predicted octanol–water partition coefficient (Wildman–Crippen LogP) is 5.18. The molecule has 2 aromatic rings. The third-order valence-corrected chi connectivity index (χ3v) is 6.71. The van der Waals surface area contributed by atoms with Gasteiger partial charge in [-0.2, -0.15) is 0 Å². The zero-order valence-corrected chi connectivity index (χ0v) is 20.5. The number of nitrogens with one attached hydrogen (secondary N) is 1. The van der Waals surface area contributed by atoms with Gasteiger partial charge in [-0.05, 0) is 43.0 Å². The molecule has 0 saturated carbocycles. The summed E-state index contributed by atoms with van der Waals surface area (Å²) < 4.78 is 17.4. The summed E-state index contributed by atoms with van der Waals surface area (Å²) in [5.41, 5.74) is 4.25. The molecule has 4 rings (SSSR count). The lowest BCUT2D eigenvalue weighted by Gasteiger charge is -2.34. The van der Waals surface area contributed by atoms with Crippen LogP contribution in [0.25, 0.3) is 0 Å². The molecule has 0 radical (unpaired) electrons. The zero-order valence-electron chi connectivity index (χ0n) is 18.9. The molecule has 7 heteroatoms. The summed E-state index contributed by atoms with van der Waals surface area (Å²) in [5, 5.41) is 3.31. The van der Waals surface area contributed by atoms with E-state index in [2.05, 4.69) is 21.2 Å². The fraction of sp³-hybridized carbons (Fsp3) is 0.308. The third-order valence-electron chi connectivity index (χ3n) is 6.02. The van der Waals surface area contributed by atoms with Crippen molar-refractivity contribution in [2.24, 2.45) is 0 Å². The number of halogens is 1. The molecule has 1 heterocycles. The predicted molar refractivity (Wildman–Crippen MR) is 128 cm³/mol. The molecule has 2 aromatic carbocycles. The number of carbonyl (C=O) groups is 2. The standard InChI is InChI=1S/C26H26BrNO5/c1-15-23(26(30)33-14-16-8-5-4-6-9-16)24(25-19(28-15)10-7-11-20(25)29)17-12-21(31-2)22(32-3)13-18(17)27/h4-6,8-9,12-13,24,28H,7,10-11,14H2,1-3H3/t24-/m1/s1. The van der Waals surface area contributed by atoms with Crippen molar-refractivity contribution in [3.8, 4) is 11.5 Å². The van der Waals surface area contributed by atoms with Crippen molar-refractivity contribution >= 4 is 27.7 Å². The SMILES string of the molecule is COc1cc(Br)c([C@@H]2C(C(=O)OCc3ccccc3)=C(C)NC3=C2C(=O)CCC3)cc1OC. The number of hydrogen-bond acceptors (Lipinski definition) is 6. The first-order chi connectivity index (χ1) is 15.9. The quantitative estimate of drug-likeness (QED) is 0.538. The van der Waals surface area contributed by atoms with E-state index < -0.39 is 11.9 Å². The van der Waals surface area contributed by atoms with Crippen LogP contribution >= 0.6 is 15.9 Å². The van der Waals surface area contributed by atoms with Crippen molar-refractivity contribution < 1.29 is 23.8 Å². The number of ether oxygens (including phenoxy) is 3. The Morgan fingerprint density at radius 3 is 2.48 bits per heavy atom. The molecule has 2 aliphatic rings. The normalized spacial score (nSPS) is 17.9. The van der Waals surface area contributed by atoms with Crippen LogP contribution in [-0.2, 0) is 20.9 Å². The Kier molecular flexibility index (Phi) is 6.88. The number of allylic oxidation sites excluding steroid dienone is 3. The molecule has 0 saturated heterocycles. The number of Topliss-reactive ketones (excluding diaryl/α,β-unsaturated/α-hetero) is 1. The molecular formula is C26H26BrNO5. The molecule has 0 bridgehead atoms. The molecule has 6 nitrogen and oxygen atoms in total. The Balaban J connectivity index is 1.79. The van der Waals surface area contributed by atoms with Crippen molar-refractivity contribution in [2.75, 3.05) is 14.2 Å². The van der Waals surface area contributed by atoms with E-state index in [-0.39, 0.29) is 12.4 Å². The summed E-state index contributed by atoms with van der Waals surface area (Å²) in [6.07, 6.45) is 1.99. The van der Waals surface area contributed by atoms with Crippen LogP contribution in [0.1, 0.15) is 43.2 Å². The van der Waals surface area contributed by atoms with E-state index in [9.17, 15) is 9.59 Å². The monoisotopic (exact) mass is 511 g/mol. The lowest BCUT2D eigenvalue weighted by Crippen LogP contribution is -2.34. The van der Waals surface area contributed by atoms with Crippen LogP contribution in [0, 0.1) is 0 Å². The van der Waals surface area contributed by atoms with Crippen LogP contribution in [-0.4, -0.2) is 26.0 Å². The Morgan fingerprint density at radius 1 is 1.09 bits per heavy atom. The minimum atomic E-state index is -0.577. The first-order valence-electron chi connectivity index (χ1n) is 10.8. The number of hydrogen-bond donors (Lipinski definition) is 1. The minimum absolute atomic E-state index is 0.0382. The number of esters is 1. The summed E-state index contributed by atoms with van der Waals surface area (Å²) >= 11 is 3.63. The third kappa shape index (κ3) is 4.55. The second kappa shape index (κ2) is 9.83. The highest BCUT2D eigenvalue weighted by atomic mass is 79.9. The van der Waals surface area contributed by atoms with E-state index in [4.69, 9.17) is 14.2 Å². The highest BCUT2D eigenvalue weighted by Gasteiger charge is 2.40. The first kappa shape index (κ1) is 23.1. The summed E-state index contributed by atoms with van der Waals surface area (Å²) in [4.78, 5) is 26.5. The zero-order chi connectivity index (χ0) is 23.5. The van der Waals surface area contributed by atoms with Gasteiger partial charge in [-0.15, -0.1) is 0 Å². The van der Waals surface area contributed by atoms with Gasteiger partial charge in [-0.25, -0.2) is 4.79 Å². The molecule has 1 atom stereocenters. The number of benzene rings is 2. The summed E-state index contributed by atoms with van der Waals surface area (Å²) in [7, 11) is 3.13. The summed E-state index contributed by atoms with van der Waals surface area (Å²) in [5.74, 6) is 0.0812. The highest BCUT2D eigenvalue weighted by Crippen LogP contribution is 2.47. The van der Waals surface area contributed by atoms with E-state index in [1.165, 1.54) is 0 Å². The summed E-state index contributed by atoms with van der Waals surface area (Å²) in [6, 6.07) is 13.1. The van der Waals surface area contributed by atoms with Gasteiger partial charge in [-0.3, -0.25) is 4.79 Å². The van der Waals surface area contributed by atoms with Gasteiger partial charge in [0.1, 0.15) is 6.61 Å².